The second-order valence-electron chi connectivity index (χ2n) is 8.27. The highest BCUT2D eigenvalue weighted by Gasteiger charge is 2.29. The Balaban J connectivity index is 1.79. The van der Waals surface area contributed by atoms with Crippen molar-refractivity contribution in [2.45, 2.75) is 24.7 Å². The Morgan fingerprint density at radius 1 is 1.11 bits per heavy atom. The van der Waals surface area contributed by atoms with Crippen molar-refractivity contribution in [3.8, 4) is 5.82 Å². The second kappa shape index (κ2) is 12.1. The zero-order valence-electron chi connectivity index (χ0n) is 20.5. The summed E-state index contributed by atoms with van der Waals surface area (Å²) >= 11 is 14.4. The Kier molecular flexibility index (Phi) is 9.01. The zero-order chi connectivity index (χ0) is 27.4. The third-order valence-electron chi connectivity index (χ3n) is 5.64. The van der Waals surface area contributed by atoms with E-state index in [2.05, 4.69) is 38.1 Å². The minimum atomic E-state index is -4.23. The van der Waals surface area contributed by atoms with Crippen LogP contribution in [0.4, 0.5) is 11.5 Å². The van der Waals surface area contributed by atoms with E-state index in [1.165, 1.54) is 18.2 Å². The summed E-state index contributed by atoms with van der Waals surface area (Å²) in [4.78, 5) is 12.5. The molecule has 4 rings (SSSR count). The van der Waals surface area contributed by atoms with E-state index in [4.69, 9.17) is 27.9 Å². The first-order chi connectivity index (χ1) is 18.1. The molecule has 0 radical (unpaired) electrons. The normalized spacial score (nSPS) is 11.5. The number of hydrogen-bond acceptors (Lipinski definition) is 7. The average molecular weight is 688 g/mol. The van der Waals surface area contributed by atoms with E-state index in [1.807, 2.05) is 29.8 Å². The quantitative estimate of drug-likeness (QED) is 0.126. The summed E-state index contributed by atoms with van der Waals surface area (Å²) in [5.41, 5.74) is 1.08. The van der Waals surface area contributed by atoms with Gasteiger partial charge in [-0.15, -0.1) is 10.2 Å². The van der Waals surface area contributed by atoms with Gasteiger partial charge in [-0.05, 0) is 77.5 Å². The van der Waals surface area contributed by atoms with Crippen LogP contribution in [0.15, 0.2) is 59.6 Å². The molecule has 38 heavy (non-hydrogen) atoms. The lowest BCUT2D eigenvalue weighted by atomic mass is 10.2. The number of nitrogens with zero attached hydrogens (tertiary/aromatic N) is 4. The Labute approximate surface area is 244 Å². The smallest absolute Gasteiger partial charge is 0.326 e. The van der Waals surface area contributed by atoms with E-state index < -0.39 is 22.5 Å². The van der Waals surface area contributed by atoms with Gasteiger partial charge in [-0.25, -0.2) is 8.42 Å². The van der Waals surface area contributed by atoms with Gasteiger partial charge >= 0.3 is 5.97 Å². The number of unbranched alkanes of at least 4 members (excludes halogenated alkanes) is 1. The Morgan fingerprint density at radius 2 is 1.84 bits per heavy atom. The number of ether oxygens (including phenoxy) is 1. The highest BCUT2D eigenvalue weighted by Crippen LogP contribution is 2.33. The largest absolute Gasteiger partial charge is 0.464 e. The van der Waals surface area contributed by atoms with Crippen molar-refractivity contribution in [2.75, 3.05) is 29.8 Å². The first-order valence-electron chi connectivity index (χ1n) is 11.6. The molecule has 2 heterocycles. The van der Waals surface area contributed by atoms with Gasteiger partial charge < -0.3 is 10.1 Å². The van der Waals surface area contributed by atoms with E-state index in [0.29, 0.717) is 18.1 Å². The van der Waals surface area contributed by atoms with Crippen molar-refractivity contribution in [2.24, 2.45) is 0 Å². The first kappa shape index (κ1) is 28.4. The molecule has 2 aromatic heterocycles. The van der Waals surface area contributed by atoms with Crippen LogP contribution in [0, 0.1) is 3.57 Å². The number of halogens is 3. The number of aromatic nitrogens is 3. The number of fused-ring (bicyclic) bond motifs is 1. The summed E-state index contributed by atoms with van der Waals surface area (Å²) in [6.07, 6.45) is 3.40. The van der Waals surface area contributed by atoms with Gasteiger partial charge in [0, 0.05) is 32.2 Å². The molecule has 0 aliphatic carbocycles. The number of rotatable bonds is 10. The number of carbonyl (C=O) groups is 1. The lowest BCUT2D eigenvalue weighted by Gasteiger charge is -2.24. The monoisotopic (exact) mass is 687 g/mol. The minimum absolute atomic E-state index is 0.136. The van der Waals surface area contributed by atoms with Gasteiger partial charge in [0.1, 0.15) is 12.4 Å². The van der Waals surface area contributed by atoms with E-state index >= 15 is 0 Å². The van der Waals surface area contributed by atoms with Crippen molar-refractivity contribution in [1.29, 1.82) is 0 Å². The number of carbonyl (C=O) groups excluding carboxylic acids is 1. The standard InChI is InChI=1S/C25H24Cl2IN5O4S/c1-3-4-9-37-25(34)15-33(38(35,36)19-11-16(26)10-17(27)12-19)18-5-6-22-20(13-18)21(28)14-32(22)24-8-7-23(29-2)30-31-24/h5-8,10-14H,3-4,9,15H2,1-2H3,(H,29,30). The molecule has 4 aromatic rings. The Hall–Kier alpha value is -2.61. The molecule has 9 nitrogen and oxygen atoms in total. The maximum atomic E-state index is 13.8. The van der Waals surface area contributed by atoms with Gasteiger partial charge in [0.05, 0.1) is 22.7 Å². The molecule has 0 spiro atoms. The van der Waals surface area contributed by atoms with Crippen LogP contribution in [0.25, 0.3) is 16.7 Å². The molecule has 0 atom stereocenters. The number of nitrogens with one attached hydrogen (secondary N) is 1. The van der Waals surface area contributed by atoms with Crippen LogP contribution in [-0.4, -0.2) is 49.4 Å². The fourth-order valence-corrected chi connectivity index (χ4v) is 6.56. The van der Waals surface area contributed by atoms with Crippen molar-refractivity contribution in [3.05, 3.63) is 68.3 Å². The lowest BCUT2D eigenvalue weighted by molar-refractivity contribution is -0.141. The van der Waals surface area contributed by atoms with Gasteiger partial charge in [-0.2, -0.15) is 0 Å². The van der Waals surface area contributed by atoms with Gasteiger partial charge in [0.25, 0.3) is 10.0 Å². The molecular formula is C25H24Cl2IN5O4S. The molecule has 0 bridgehead atoms. The third kappa shape index (κ3) is 6.16. The van der Waals surface area contributed by atoms with Crippen LogP contribution in [0.3, 0.4) is 0 Å². The molecule has 0 amide bonds. The maximum absolute atomic E-state index is 13.8. The van der Waals surface area contributed by atoms with E-state index in [9.17, 15) is 13.2 Å². The van der Waals surface area contributed by atoms with Gasteiger partial charge in [-0.3, -0.25) is 13.7 Å². The van der Waals surface area contributed by atoms with Crippen molar-refractivity contribution in [3.63, 3.8) is 0 Å². The van der Waals surface area contributed by atoms with Gasteiger partial charge in [0.2, 0.25) is 0 Å². The molecule has 0 aliphatic heterocycles. The Morgan fingerprint density at radius 3 is 2.47 bits per heavy atom. The average Bonchev–Trinajstić information content (AvgIpc) is 3.22. The number of anilines is 2. The minimum Gasteiger partial charge on any atom is -0.464 e. The highest BCUT2D eigenvalue weighted by atomic mass is 127. The van der Waals surface area contributed by atoms with Crippen LogP contribution >= 0.6 is 45.8 Å². The molecule has 1 N–H and O–H groups in total. The van der Waals surface area contributed by atoms with Crippen molar-refractivity contribution >= 4 is 84.2 Å². The summed E-state index contributed by atoms with van der Waals surface area (Å²) in [6.45, 7) is 1.66. The summed E-state index contributed by atoms with van der Waals surface area (Å²) in [6, 6.07) is 12.8. The number of benzene rings is 2. The topological polar surface area (TPSA) is 106 Å². The lowest BCUT2D eigenvalue weighted by Crippen LogP contribution is -2.36. The highest BCUT2D eigenvalue weighted by molar-refractivity contribution is 14.1. The predicted molar refractivity (Wildman–Crippen MR) is 158 cm³/mol. The van der Waals surface area contributed by atoms with Crippen LogP contribution in [0.5, 0.6) is 0 Å². The molecule has 0 saturated heterocycles. The fraction of sp³-hybridized carbons (Fsp3) is 0.240. The summed E-state index contributed by atoms with van der Waals surface area (Å²) in [5, 5.41) is 12.4. The van der Waals surface area contributed by atoms with Crippen molar-refractivity contribution in [1.82, 2.24) is 14.8 Å². The predicted octanol–water partition coefficient (Wildman–Crippen LogP) is 5.91. The van der Waals surface area contributed by atoms with Crippen molar-refractivity contribution < 1.29 is 17.9 Å². The maximum Gasteiger partial charge on any atom is 0.326 e. The molecule has 0 unspecified atom stereocenters. The summed E-state index contributed by atoms with van der Waals surface area (Å²) in [7, 11) is -2.47. The molecule has 0 saturated carbocycles. The number of hydrogen-bond donors (Lipinski definition) is 1. The molecule has 13 heteroatoms. The third-order valence-corrected chi connectivity index (χ3v) is 8.69. The van der Waals surface area contributed by atoms with E-state index in [1.54, 1.807) is 25.2 Å². The van der Waals surface area contributed by atoms with E-state index in [-0.39, 0.29) is 27.2 Å². The second-order valence-corrected chi connectivity index (χ2v) is 12.2. The van der Waals surface area contributed by atoms with Crippen LogP contribution in [0.2, 0.25) is 10.0 Å². The molecule has 200 valence electrons. The van der Waals surface area contributed by atoms with Gasteiger partial charge in [0.15, 0.2) is 5.82 Å². The molecular weight excluding hydrogens is 664 g/mol. The van der Waals surface area contributed by atoms with Crippen LogP contribution in [-0.2, 0) is 19.6 Å². The number of sulfonamides is 1. The van der Waals surface area contributed by atoms with E-state index in [0.717, 1.165) is 25.2 Å². The first-order valence-corrected chi connectivity index (χ1v) is 14.9. The summed E-state index contributed by atoms with van der Waals surface area (Å²) in [5.74, 6) is 0.569. The summed E-state index contributed by atoms with van der Waals surface area (Å²) < 4.78 is 36.6. The zero-order valence-corrected chi connectivity index (χ0v) is 25.0. The fourth-order valence-electron chi connectivity index (χ4n) is 3.72. The van der Waals surface area contributed by atoms with Crippen LogP contribution < -0.4 is 9.62 Å². The molecule has 0 aliphatic rings. The van der Waals surface area contributed by atoms with Gasteiger partial charge in [-0.1, -0.05) is 36.5 Å². The number of esters is 1. The molecule has 2 aromatic carbocycles. The SMILES string of the molecule is CCCCOC(=O)CN(c1ccc2c(c1)c(I)cn2-c1ccc(NC)nn1)S(=O)(=O)c1cc(Cl)cc(Cl)c1. The molecule has 0 fully saturated rings. The Bertz CT molecular complexity index is 1560. The van der Waals surface area contributed by atoms with Crippen LogP contribution in [0.1, 0.15) is 19.8 Å².